The Hall–Kier alpha value is -1.00. The molecule has 0 aliphatic rings. The lowest BCUT2D eigenvalue weighted by Crippen LogP contribution is -2.07. The minimum atomic E-state index is 0.971. The summed E-state index contributed by atoms with van der Waals surface area (Å²) in [5, 5.41) is 3.10. The summed E-state index contributed by atoms with van der Waals surface area (Å²) >= 11 is 0. The van der Waals surface area contributed by atoms with Crippen molar-refractivity contribution < 1.29 is 0 Å². The maximum atomic E-state index is 5.20. The molecule has 66 valence electrons. The van der Waals surface area contributed by atoms with Gasteiger partial charge in [0.15, 0.2) is 0 Å². The lowest BCUT2D eigenvalue weighted by molar-refractivity contribution is 0.785. The molecule has 1 nitrogen and oxygen atoms in total. The molecule has 1 N–H and O–H groups in total. The van der Waals surface area contributed by atoms with E-state index < -0.39 is 0 Å². The summed E-state index contributed by atoms with van der Waals surface area (Å²) in [7, 11) is 1.95. The van der Waals surface area contributed by atoms with Crippen LogP contribution in [-0.4, -0.2) is 13.6 Å². The number of nitrogens with one attached hydrogen (secondary N) is 1. The third kappa shape index (κ3) is 5.76. The van der Waals surface area contributed by atoms with E-state index in [0.29, 0.717) is 0 Å². The van der Waals surface area contributed by atoms with E-state index in [9.17, 15) is 0 Å². The van der Waals surface area contributed by atoms with E-state index in [4.69, 9.17) is 6.42 Å². The normalized spacial score (nSPS) is 12.8. The van der Waals surface area contributed by atoms with E-state index in [1.807, 2.05) is 20.0 Å². The Kier molecular flexibility index (Phi) is 6.14. The van der Waals surface area contributed by atoms with Crippen molar-refractivity contribution in [3.63, 3.8) is 0 Å². The van der Waals surface area contributed by atoms with Gasteiger partial charge in [-0.2, -0.15) is 0 Å². The van der Waals surface area contributed by atoms with Gasteiger partial charge >= 0.3 is 0 Å². The molecule has 12 heavy (non-hydrogen) atoms. The Morgan fingerprint density at radius 3 is 2.58 bits per heavy atom. The molecule has 0 aliphatic carbocycles. The molecule has 0 saturated heterocycles. The molecule has 0 radical (unpaired) electrons. The summed E-state index contributed by atoms with van der Waals surface area (Å²) in [5.74, 6) is 2.58. The predicted octanol–water partition coefficient (Wildman–Crippen LogP) is 2.12. The number of allylic oxidation sites excluding steroid dienone is 3. The van der Waals surface area contributed by atoms with Crippen LogP contribution < -0.4 is 5.32 Å². The summed E-state index contributed by atoms with van der Waals surface area (Å²) in [5.41, 5.74) is 2.32. The van der Waals surface area contributed by atoms with Crippen molar-refractivity contribution in [1.82, 2.24) is 5.32 Å². The largest absolute Gasteiger partial charge is 0.319 e. The van der Waals surface area contributed by atoms with Gasteiger partial charge in [0, 0.05) is 0 Å². The van der Waals surface area contributed by atoms with Crippen LogP contribution in [0.25, 0.3) is 0 Å². The number of rotatable bonds is 4. The summed E-state index contributed by atoms with van der Waals surface area (Å²) in [4.78, 5) is 0. The summed E-state index contributed by atoms with van der Waals surface area (Å²) < 4.78 is 0. The van der Waals surface area contributed by atoms with Crippen LogP contribution in [0, 0.1) is 12.3 Å². The standard InChI is InChI=1S/C11H17N/c1-5-10(2)6-7-11(3)8-9-12-4/h1,6-7,12H,8-9H2,2-4H3/b10-6-,11-7+. The fourth-order valence-electron chi connectivity index (χ4n) is 0.721. The highest BCUT2D eigenvalue weighted by molar-refractivity contribution is 5.28. The quantitative estimate of drug-likeness (QED) is 0.494. The third-order valence-electron chi connectivity index (χ3n) is 1.61. The molecule has 0 saturated carbocycles. The first kappa shape index (κ1) is 11.0. The SMILES string of the molecule is C#C/C(C)=C\C=C(/C)CCNC. The Labute approximate surface area is 75.6 Å². The molecule has 0 aromatic rings. The molecule has 0 aromatic heterocycles. The Balaban J connectivity index is 3.93. The van der Waals surface area contributed by atoms with Gasteiger partial charge in [0.25, 0.3) is 0 Å². The van der Waals surface area contributed by atoms with Crippen LogP contribution >= 0.6 is 0 Å². The molecule has 0 rings (SSSR count). The minimum absolute atomic E-state index is 0.971. The number of hydrogen-bond acceptors (Lipinski definition) is 1. The van der Waals surface area contributed by atoms with E-state index in [2.05, 4.69) is 24.2 Å². The fourth-order valence-corrected chi connectivity index (χ4v) is 0.721. The Morgan fingerprint density at radius 1 is 1.42 bits per heavy atom. The molecule has 0 spiro atoms. The van der Waals surface area contributed by atoms with Gasteiger partial charge in [0.05, 0.1) is 0 Å². The monoisotopic (exact) mass is 163 g/mol. The van der Waals surface area contributed by atoms with Crippen LogP contribution in [0.15, 0.2) is 23.3 Å². The van der Waals surface area contributed by atoms with E-state index in [1.54, 1.807) is 0 Å². The Morgan fingerprint density at radius 2 is 2.08 bits per heavy atom. The summed E-state index contributed by atoms with van der Waals surface area (Å²) in [6, 6.07) is 0. The van der Waals surface area contributed by atoms with Gasteiger partial charge < -0.3 is 5.32 Å². The van der Waals surface area contributed by atoms with Gasteiger partial charge in [-0.15, -0.1) is 6.42 Å². The minimum Gasteiger partial charge on any atom is -0.319 e. The molecule has 0 heterocycles. The van der Waals surface area contributed by atoms with Crippen molar-refractivity contribution in [3.05, 3.63) is 23.3 Å². The zero-order chi connectivity index (χ0) is 9.40. The van der Waals surface area contributed by atoms with Gasteiger partial charge in [-0.05, 0) is 39.4 Å². The van der Waals surface area contributed by atoms with Gasteiger partial charge in [0.1, 0.15) is 0 Å². The van der Waals surface area contributed by atoms with Crippen LogP contribution in [0.3, 0.4) is 0 Å². The van der Waals surface area contributed by atoms with Crippen molar-refractivity contribution in [1.29, 1.82) is 0 Å². The molecule has 1 heteroatoms. The highest BCUT2D eigenvalue weighted by Crippen LogP contribution is 2.00. The zero-order valence-corrected chi connectivity index (χ0v) is 8.15. The van der Waals surface area contributed by atoms with E-state index in [1.165, 1.54) is 5.57 Å². The van der Waals surface area contributed by atoms with E-state index in [0.717, 1.165) is 18.5 Å². The molecule has 0 amide bonds. The average molecular weight is 163 g/mol. The van der Waals surface area contributed by atoms with Crippen molar-refractivity contribution in [2.45, 2.75) is 20.3 Å². The van der Waals surface area contributed by atoms with Crippen molar-refractivity contribution >= 4 is 0 Å². The smallest absolute Gasteiger partial charge is 0.00135 e. The van der Waals surface area contributed by atoms with Crippen LogP contribution in [0.1, 0.15) is 20.3 Å². The molecule has 0 fully saturated rings. The van der Waals surface area contributed by atoms with Gasteiger partial charge in [-0.25, -0.2) is 0 Å². The van der Waals surface area contributed by atoms with Crippen LogP contribution in [0.5, 0.6) is 0 Å². The van der Waals surface area contributed by atoms with Crippen LogP contribution in [-0.2, 0) is 0 Å². The maximum Gasteiger partial charge on any atom is -0.00135 e. The van der Waals surface area contributed by atoms with Gasteiger partial charge in [0.2, 0.25) is 0 Å². The first-order chi connectivity index (χ1) is 5.70. The molecule has 0 aromatic carbocycles. The number of terminal acetylenes is 1. The average Bonchev–Trinajstić information content (AvgIpc) is 2.10. The molecular weight excluding hydrogens is 146 g/mol. The molecule has 0 aliphatic heterocycles. The summed E-state index contributed by atoms with van der Waals surface area (Å²) in [6.07, 6.45) is 10.3. The van der Waals surface area contributed by atoms with Crippen LogP contribution in [0.2, 0.25) is 0 Å². The molecular formula is C11H17N. The second-order valence-corrected chi connectivity index (χ2v) is 2.86. The summed E-state index contributed by atoms with van der Waals surface area (Å²) in [6.45, 7) is 5.06. The second-order valence-electron chi connectivity index (χ2n) is 2.86. The predicted molar refractivity (Wildman–Crippen MR) is 54.9 cm³/mol. The van der Waals surface area contributed by atoms with Crippen molar-refractivity contribution in [3.8, 4) is 12.3 Å². The first-order valence-corrected chi connectivity index (χ1v) is 4.16. The zero-order valence-electron chi connectivity index (χ0n) is 8.15. The lowest BCUT2D eigenvalue weighted by Gasteiger charge is -1.97. The van der Waals surface area contributed by atoms with Gasteiger partial charge in [-0.1, -0.05) is 23.6 Å². The third-order valence-corrected chi connectivity index (χ3v) is 1.61. The van der Waals surface area contributed by atoms with Crippen LogP contribution in [0.4, 0.5) is 0 Å². The highest BCUT2D eigenvalue weighted by Gasteiger charge is 1.86. The fraction of sp³-hybridized carbons (Fsp3) is 0.455. The second kappa shape index (κ2) is 6.69. The molecule has 0 unspecified atom stereocenters. The molecule has 0 atom stereocenters. The van der Waals surface area contributed by atoms with Crippen molar-refractivity contribution in [2.75, 3.05) is 13.6 Å². The molecule has 0 bridgehead atoms. The van der Waals surface area contributed by atoms with Gasteiger partial charge in [-0.3, -0.25) is 0 Å². The van der Waals surface area contributed by atoms with E-state index >= 15 is 0 Å². The Bertz CT molecular complexity index is 216. The number of hydrogen-bond donors (Lipinski definition) is 1. The van der Waals surface area contributed by atoms with E-state index in [-0.39, 0.29) is 0 Å². The topological polar surface area (TPSA) is 12.0 Å². The first-order valence-electron chi connectivity index (χ1n) is 4.16. The maximum absolute atomic E-state index is 5.20. The van der Waals surface area contributed by atoms with Crippen molar-refractivity contribution in [2.24, 2.45) is 0 Å². The highest BCUT2D eigenvalue weighted by atomic mass is 14.8. The lowest BCUT2D eigenvalue weighted by atomic mass is 10.2.